The number of Topliss-reactive ketones (excluding diaryl/α,β-unsaturated/α-hetero) is 1. The third kappa shape index (κ3) is 2.96. The van der Waals surface area contributed by atoms with Gasteiger partial charge in [-0.05, 0) is 34.6 Å². The molecular weight excluding hydrogens is 220 g/mol. The van der Waals surface area contributed by atoms with E-state index in [-0.39, 0.29) is 5.78 Å². The summed E-state index contributed by atoms with van der Waals surface area (Å²) in [5, 5.41) is 0. The van der Waals surface area contributed by atoms with Crippen molar-refractivity contribution in [3.63, 3.8) is 0 Å². The van der Waals surface area contributed by atoms with Gasteiger partial charge in [-0.3, -0.25) is 4.79 Å². The number of carbonyl (C=O) groups is 1. The largest absolute Gasteiger partial charge is 0.466 e. The molecule has 0 bridgehead atoms. The van der Waals surface area contributed by atoms with Crippen LogP contribution in [0.25, 0.3) is 0 Å². The van der Waals surface area contributed by atoms with Crippen LogP contribution in [0.1, 0.15) is 41.3 Å². The van der Waals surface area contributed by atoms with Crippen LogP contribution in [0.4, 0.5) is 0 Å². The summed E-state index contributed by atoms with van der Waals surface area (Å²) in [6, 6.07) is 0. The van der Waals surface area contributed by atoms with Gasteiger partial charge in [-0.1, -0.05) is 0 Å². The molecule has 96 valence electrons. The molecule has 0 saturated heterocycles. The maximum atomic E-state index is 12.3. The number of furan rings is 1. The Hall–Kier alpha value is -1.13. The molecule has 0 radical (unpaired) electrons. The Labute approximate surface area is 102 Å². The number of rotatable bonds is 6. The van der Waals surface area contributed by atoms with E-state index in [0.29, 0.717) is 24.5 Å². The first-order chi connectivity index (χ1) is 8.02. The lowest BCUT2D eigenvalue weighted by atomic mass is 10.1. The normalized spacial score (nSPS) is 11.2. The fraction of sp³-hybridized carbons (Fsp3) is 0.615. The molecule has 0 amide bonds. The lowest BCUT2D eigenvalue weighted by Gasteiger charge is -2.15. The summed E-state index contributed by atoms with van der Waals surface area (Å²) in [7, 11) is 0. The van der Waals surface area contributed by atoms with Crippen LogP contribution in [0.5, 0.6) is 0 Å². The third-order valence-corrected chi connectivity index (χ3v) is 2.66. The molecule has 0 aromatic carbocycles. The standard InChI is InChI=1S/C13H20O4/c1-6-15-13(16-7-2)12(14)11-8(3)9(4)17-10(11)5/h13H,6-7H2,1-5H3. The zero-order chi connectivity index (χ0) is 13.0. The van der Waals surface area contributed by atoms with Crippen molar-refractivity contribution in [1.82, 2.24) is 0 Å². The Morgan fingerprint density at radius 3 is 2.00 bits per heavy atom. The maximum absolute atomic E-state index is 12.3. The molecule has 0 aliphatic rings. The molecule has 4 nitrogen and oxygen atoms in total. The van der Waals surface area contributed by atoms with Crippen LogP contribution in [-0.4, -0.2) is 25.3 Å². The van der Waals surface area contributed by atoms with E-state index in [4.69, 9.17) is 13.9 Å². The molecule has 1 aromatic rings. The summed E-state index contributed by atoms with van der Waals surface area (Å²) in [6.45, 7) is 10.0. The number of ketones is 1. The fourth-order valence-electron chi connectivity index (χ4n) is 1.78. The van der Waals surface area contributed by atoms with E-state index in [2.05, 4.69) is 0 Å². The lowest BCUT2D eigenvalue weighted by Crippen LogP contribution is -2.28. The van der Waals surface area contributed by atoms with Gasteiger partial charge in [0, 0.05) is 18.8 Å². The van der Waals surface area contributed by atoms with E-state index in [1.54, 1.807) is 6.92 Å². The first-order valence-corrected chi connectivity index (χ1v) is 5.86. The summed E-state index contributed by atoms with van der Waals surface area (Å²) in [5.74, 6) is 1.22. The van der Waals surface area contributed by atoms with Gasteiger partial charge in [0.2, 0.25) is 12.1 Å². The van der Waals surface area contributed by atoms with Crippen molar-refractivity contribution in [2.24, 2.45) is 0 Å². The SMILES string of the molecule is CCOC(OCC)C(=O)c1c(C)oc(C)c1C. The smallest absolute Gasteiger partial charge is 0.222 e. The van der Waals surface area contributed by atoms with Crippen molar-refractivity contribution in [2.45, 2.75) is 40.9 Å². The van der Waals surface area contributed by atoms with E-state index in [0.717, 1.165) is 11.3 Å². The van der Waals surface area contributed by atoms with Crippen LogP contribution in [0.3, 0.4) is 0 Å². The molecule has 1 rings (SSSR count). The minimum atomic E-state index is -0.834. The molecule has 0 unspecified atom stereocenters. The van der Waals surface area contributed by atoms with E-state index in [9.17, 15) is 4.79 Å². The number of carbonyl (C=O) groups excluding carboxylic acids is 1. The third-order valence-electron chi connectivity index (χ3n) is 2.66. The van der Waals surface area contributed by atoms with Gasteiger partial charge in [0.15, 0.2) is 0 Å². The molecule has 1 heterocycles. The second-order valence-electron chi connectivity index (χ2n) is 3.82. The lowest BCUT2D eigenvalue weighted by molar-refractivity contribution is -0.107. The second kappa shape index (κ2) is 5.98. The summed E-state index contributed by atoms with van der Waals surface area (Å²) in [5.41, 5.74) is 1.44. The molecule has 0 N–H and O–H groups in total. The molecule has 0 atom stereocenters. The Bertz CT molecular complexity index is 386. The molecule has 0 fully saturated rings. The van der Waals surface area contributed by atoms with Gasteiger partial charge in [0.1, 0.15) is 11.5 Å². The van der Waals surface area contributed by atoms with Crippen molar-refractivity contribution in [3.05, 3.63) is 22.6 Å². The average molecular weight is 240 g/mol. The van der Waals surface area contributed by atoms with Crippen LogP contribution >= 0.6 is 0 Å². The van der Waals surface area contributed by atoms with Crippen LogP contribution < -0.4 is 0 Å². The van der Waals surface area contributed by atoms with Crippen LogP contribution in [-0.2, 0) is 9.47 Å². The van der Waals surface area contributed by atoms with E-state index < -0.39 is 6.29 Å². The summed E-state index contributed by atoms with van der Waals surface area (Å²) in [4.78, 5) is 12.3. The Kier molecular flexibility index (Phi) is 4.90. The number of aryl methyl sites for hydroxylation is 2. The average Bonchev–Trinajstić information content (AvgIpc) is 2.52. The quantitative estimate of drug-likeness (QED) is 0.566. The Morgan fingerprint density at radius 2 is 1.65 bits per heavy atom. The van der Waals surface area contributed by atoms with Crippen molar-refractivity contribution in [3.8, 4) is 0 Å². The first-order valence-electron chi connectivity index (χ1n) is 5.86. The monoisotopic (exact) mass is 240 g/mol. The molecule has 4 heteroatoms. The summed E-state index contributed by atoms with van der Waals surface area (Å²) >= 11 is 0. The highest BCUT2D eigenvalue weighted by Gasteiger charge is 2.27. The molecule has 17 heavy (non-hydrogen) atoms. The van der Waals surface area contributed by atoms with Gasteiger partial charge in [-0.25, -0.2) is 0 Å². The highest BCUT2D eigenvalue weighted by molar-refractivity contribution is 6.01. The molecule has 0 aliphatic heterocycles. The van der Waals surface area contributed by atoms with E-state index >= 15 is 0 Å². The zero-order valence-electron chi connectivity index (χ0n) is 11.1. The minimum absolute atomic E-state index is 0.166. The number of ether oxygens (including phenoxy) is 2. The number of hydrogen-bond donors (Lipinski definition) is 0. The molecular formula is C13H20O4. The topological polar surface area (TPSA) is 48.7 Å². The van der Waals surface area contributed by atoms with Crippen LogP contribution in [0, 0.1) is 20.8 Å². The van der Waals surface area contributed by atoms with Gasteiger partial charge < -0.3 is 13.9 Å². The van der Waals surface area contributed by atoms with Crippen molar-refractivity contribution in [1.29, 1.82) is 0 Å². The summed E-state index contributed by atoms with van der Waals surface area (Å²) < 4.78 is 16.0. The number of hydrogen-bond acceptors (Lipinski definition) is 4. The van der Waals surface area contributed by atoms with Gasteiger partial charge in [0.25, 0.3) is 0 Å². The van der Waals surface area contributed by atoms with Crippen molar-refractivity contribution >= 4 is 5.78 Å². The predicted molar refractivity (Wildman–Crippen MR) is 64.3 cm³/mol. The predicted octanol–water partition coefficient (Wildman–Crippen LogP) is 2.79. The maximum Gasteiger partial charge on any atom is 0.222 e. The van der Waals surface area contributed by atoms with Gasteiger partial charge in [0.05, 0.1) is 5.56 Å². The van der Waals surface area contributed by atoms with Crippen molar-refractivity contribution in [2.75, 3.05) is 13.2 Å². The Morgan fingerprint density at radius 1 is 1.12 bits per heavy atom. The van der Waals surface area contributed by atoms with Gasteiger partial charge in [-0.15, -0.1) is 0 Å². The molecule has 0 spiro atoms. The van der Waals surface area contributed by atoms with E-state index in [1.165, 1.54) is 0 Å². The fourth-order valence-corrected chi connectivity index (χ4v) is 1.78. The van der Waals surface area contributed by atoms with Gasteiger partial charge >= 0.3 is 0 Å². The van der Waals surface area contributed by atoms with Gasteiger partial charge in [-0.2, -0.15) is 0 Å². The summed E-state index contributed by atoms with van der Waals surface area (Å²) in [6.07, 6.45) is -0.834. The highest BCUT2D eigenvalue weighted by atomic mass is 16.7. The minimum Gasteiger partial charge on any atom is -0.466 e. The Balaban J connectivity index is 3.00. The molecule has 0 saturated carbocycles. The zero-order valence-corrected chi connectivity index (χ0v) is 11.1. The van der Waals surface area contributed by atoms with Crippen LogP contribution in [0.2, 0.25) is 0 Å². The first kappa shape index (κ1) is 13.9. The van der Waals surface area contributed by atoms with Crippen molar-refractivity contribution < 1.29 is 18.7 Å². The second-order valence-corrected chi connectivity index (χ2v) is 3.82. The molecule has 1 aromatic heterocycles. The molecule has 0 aliphatic carbocycles. The van der Waals surface area contributed by atoms with E-state index in [1.807, 2.05) is 27.7 Å². The highest BCUT2D eigenvalue weighted by Crippen LogP contribution is 2.23. The van der Waals surface area contributed by atoms with Crippen LogP contribution in [0.15, 0.2) is 4.42 Å².